The van der Waals surface area contributed by atoms with Crippen molar-refractivity contribution in [3.8, 4) is 29.4 Å². The van der Waals surface area contributed by atoms with Crippen molar-refractivity contribution in [2.75, 3.05) is 12.3 Å². The highest BCUT2D eigenvalue weighted by atomic mass is 32.2. The van der Waals surface area contributed by atoms with Crippen LogP contribution in [-0.4, -0.2) is 38.0 Å². The number of H-pyrrole nitrogens is 1. The molecule has 2 N–H and O–H groups in total. The molecule has 0 aliphatic carbocycles. The van der Waals surface area contributed by atoms with E-state index in [1.54, 1.807) is 0 Å². The van der Waals surface area contributed by atoms with Crippen molar-refractivity contribution in [2.24, 2.45) is 0 Å². The van der Waals surface area contributed by atoms with Crippen LogP contribution in [0.25, 0.3) is 28.0 Å². The summed E-state index contributed by atoms with van der Waals surface area (Å²) >= 11 is 1.33. The molecule has 4 rings (SSSR count). The van der Waals surface area contributed by atoms with Gasteiger partial charge in [0.05, 0.1) is 18.0 Å². The van der Waals surface area contributed by atoms with Gasteiger partial charge in [0.25, 0.3) is 0 Å². The Hall–Kier alpha value is -3.50. The molecule has 4 aromatic rings. The van der Waals surface area contributed by atoms with E-state index in [0.717, 1.165) is 33.5 Å². The van der Waals surface area contributed by atoms with Gasteiger partial charge in [-0.3, -0.25) is 9.36 Å². The second-order valence-corrected chi connectivity index (χ2v) is 7.39. The van der Waals surface area contributed by atoms with E-state index in [0.29, 0.717) is 5.16 Å². The first kappa shape index (κ1) is 18.8. The fourth-order valence-electron chi connectivity index (χ4n) is 3.16. The number of hydrogen-bond acceptors (Lipinski definition) is 4. The van der Waals surface area contributed by atoms with Gasteiger partial charge in [0.2, 0.25) is 5.91 Å². The maximum Gasteiger partial charge on any atom is 0.231 e. The highest BCUT2D eigenvalue weighted by Gasteiger charge is 2.20. The van der Waals surface area contributed by atoms with E-state index in [1.807, 2.05) is 60.2 Å². The molecule has 0 aliphatic rings. The molecule has 1 amide bonds. The van der Waals surface area contributed by atoms with Crippen molar-refractivity contribution in [1.29, 1.82) is 0 Å². The van der Waals surface area contributed by atoms with Crippen LogP contribution < -0.4 is 5.32 Å². The average Bonchev–Trinajstić information content (AvgIpc) is 3.35. The van der Waals surface area contributed by atoms with Crippen molar-refractivity contribution in [3.05, 3.63) is 60.3 Å². The first-order chi connectivity index (χ1) is 14.2. The van der Waals surface area contributed by atoms with Crippen molar-refractivity contribution in [3.63, 3.8) is 0 Å². The Bertz CT molecular complexity index is 1220. The van der Waals surface area contributed by atoms with Gasteiger partial charge in [-0.15, -0.1) is 16.6 Å². The first-order valence-corrected chi connectivity index (χ1v) is 10.1. The number of para-hydroxylation sites is 2. The number of carbonyl (C=O) groups excluding carboxylic acids is 1. The molecule has 0 bridgehead atoms. The summed E-state index contributed by atoms with van der Waals surface area (Å²) in [5.41, 5.74) is 4.06. The van der Waals surface area contributed by atoms with Gasteiger partial charge in [-0.2, -0.15) is 0 Å². The van der Waals surface area contributed by atoms with E-state index in [4.69, 9.17) is 6.42 Å². The van der Waals surface area contributed by atoms with E-state index in [9.17, 15) is 4.79 Å². The molecule has 0 saturated carbocycles. The molecule has 2 aromatic heterocycles. The number of fused-ring (bicyclic) bond motifs is 1. The number of amides is 1. The molecular formula is C22H19N5OS. The molecule has 0 unspecified atom stereocenters. The van der Waals surface area contributed by atoms with E-state index in [1.165, 1.54) is 11.8 Å². The second-order valence-electron chi connectivity index (χ2n) is 6.45. The van der Waals surface area contributed by atoms with Crippen LogP contribution in [0.5, 0.6) is 0 Å². The number of aromatic amines is 1. The van der Waals surface area contributed by atoms with Crippen LogP contribution in [0.15, 0.2) is 59.9 Å². The SMILES string of the molecule is C#CCNC(=O)CSc1nnc(-c2c[nH]c3ccccc23)n1-c1ccccc1C. The van der Waals surface area contributed by atoms with Crippen molar-refractivity contribution >= 4 is 28.6 Å². The Morgan fingerprint density at radius 2 is 2.00 bits per heavy atom. The van der Waals surface area contributed by atoms with Crippen molar-refractivity contribution in [1.82, 2.24) is 25.1 Å². The predicted molar refractivity (Wildman–Crippen MR) is 116 cm³/mol. The Kier molecular flexibility index (Phi) is 5.36. The molecular weight excluding hydrogens is 382 g/mol. The molecule has 0 spiro atoms. The van der Waals surface area contributed by atoms with Crippen molar-refractivity contribution in [2.45, 2.75) is 12.1 Å². The molecule has 29 heavy (non-hydrogen) atoms. The maximum atomic E-state index is 12.0. The van der Waals surface area contributed by atoms with E-state index >= 15 is 0 Å². The highest BCUT2D eigenvalue weighted by Crippen LogP contribution is 2.33. The Morgan fingerprint density at radius 1 is 1.21 bits per heavy atom. The molecule has 6 nitrogen and oxygen atoms in total. The number of nitrogens with zero attached hydrogens (tertiary/aromatic N) is 3. The van der Waals surface area contributed by atoms with Crippen LogP contribution >= 0.6 is 11.8 Å². The van der Waals surface area contributed by atoms with Gasteiger partial charge in [0.15, 0.2) is 11.0 Å². The average molecular weight is 401 g/mol. The summed E-state index contributed by atoms with van der Waals surface area (Å²) in [6.45, 7) is 2.26. The molecule has 0 atom stereocenters. The second kappa shape index (κ2) is 8.25. The minimum absolute atomic E-state index is 0.138. The zero-order chi connectivity index (χ0) is 20.2. The number of rotatable bonds is 6. The third-order valence-corrected chi connectivity index (χ3v) is 5.47. The topological polar surface area (TPSA) is 75.6 Å². The third kappa shape index (κ3) is 3.75. The van der Waals surface area contributed by atoms with Crippen LogP contribution in [0.2, 0.25) is 0 Å². The molecule has 144 valence electrons. The van der Waals surface area contributed by atoms with Gasteiger partial charge < -0.3 is 10.3 Å². The lowest BCUT2D eigenvalue weighted by molar-refractivity contribution is -0.118. The van der Waals surface area contributed by atoms with E-state index in [-0.39, 0.29) is 18.2 Å². The molecule has 2 heterocycles. The minimum Gasteiger partial charge on any atom is -0.360 e. The number of hydrogen-bond donors (Lipinski definition) is 2. The summed E-state index contributed by atoms with van der Waals surface area (Å²) in [7, 11) is 0. The summed E-state index contributed by atoms with van der Waals surface area (Å²) in [4.78, 5) is 15.3. The summed E-state index contributed by atoms with van der Waals surface area (Å²) in [6.07, 6.45) is 7.14. The van der Waals surface area contributed by atoms with Gasteiger partial charge in [-0.1, -0.05) is 54.1 Å². The summed E-state index contributed by atoms with van der Waals surface area (Å²) < 4.78 is 2.00. The van der Waals surface area contributed by atoms with Gasteiger partial charge >= 0.3 is 0 Å². The Morgan fingerprint density at radius 3 is 2.83 bits per heavy atom. The first-order valence-electron chi connectivity index (χ1n) is 9.10. The lowest BCUT2D eigenvalue weighted by Gasteiger charge is -2.12. The number of aromatic nitrogens is 4. The standard InChI is InChI=1S/C22H19N5OS/c1-3-12-23-20(28)14-29-22-26-25-21(27(22)19-11-7-4-8-15(19)2)17-13-24-18-10-6-5-9-16(17)18/h1,4-11,13,24H,12,14H2,2H3,(H,23,28). The van der Waals surface area contributed by atoms with Gasteiger partial charge in [-0.25, -0.2) is 0 Å². The number of carbonyl (C=O) groups is 1. The largest absolute Gasteiger partial charge is 0.360 e. The van der Waals surface area contributed by atoms with Gasteiger partial charge in [-0.05, 0) is 24.6 Å². The number of benzene rings is 2. The van der Waals surface area contributed by atoms with Gasteiger partial charge in [0, 0.05) is 22.7 Å². The van der Waals surface area contributed by atoms with Gasteiger partial charge in [0.1, 0.15) is 0 Å². The van der Waals surface area contributed by atoms with Crippen LogP contribution in [0, 0.1) is 19.3 Å². The predicted octanol–water partition coefficient (Wildman–Crippen LogP) is 3.57. The fraction of sp³-hybridized carbons (Fsp3) is 0.136. The fourth-order valence-corrected chi connectivity index (χ4v) is 3.93. The molecule has 2 aromatic carbocycles. The zero-order valence-corrected chi connectivity index (χ0v) is 16.7. The summed E-state index contributed by atoms with van der Waals surface area (Å²) in [5, 5.41) is 13.3. The summed E-state index contributed by atoms with van der Waals surface area (Å²) in [5.74, 6) is 3.20. The van der Waals surface area contributed by atoms with Crippen LogP contribution in [0.4, 0.5) is 0 Å². The maximum absolute atomic E-state index is 12.0. The molecule has 0 radical (unpaired) electrons. The lowest BCUT2D eigenvalue weighted by Crippen LogP contribution is -2.25. The molecule has 7 heteroatoms. The van der Waals surface area contributed by atoms with Crippen molar-refractivity contribution < 1.29 is 4.79 Å². The third-order valence-electron chi connectivity index (χ3n) is 4.54. The monoisotopic (exact) mass is 401 g/mol. The smallest absolute Gasteiger partial charge is 0.231 e. The molecule has 0 aliphatic heterocycles. The number of aryl methyl sites for hydroxylation is 1. The Balaban J connectivity index is 1.78. The van der Waals surface area contributed by atoms with Crippen LogP contribution in [0.3, 0.4) is 0 Å². The number of nitrogens with one attached hydrogen (secondary N) is 2. The quantitative estimate of drug-likeness (QED) is 0.383. The van der Waals surface area contributed by atoms with E-state index < -0.39 is 0 Å². The molecule has 0 fully saturated rings. The Labute approximate surface area is 172 Å². The lowest BCUT2D eigenvalue weighted by atomic mass is 10.1. The minimum atomic E-state index is -0.138. The number of terminal acetylenes is 1. The summed E-state index contributed by atoms with van der Waals surface area (Å²) in [6, 6.07) is 16.1. The highest BCUT2D eigenvalue weighted by molar-refractivity contribution is 7.99. The number of thioether (sulfide) groups is 1. The normalized spacial score (nSPS) is 10.8. The zero-order valence-electron chi connectivity index (χ0n) is 15.8. The van der Waals surface area contributed by atoms with Crippen LogP contribution in [0.1, 0.15) is 5.56 Å². The van der Waals surface area contributed by atoms with Crippen LogP contribution in [-0.2, 0) is 4.79 Å². The van der Waals surface area contributed by atoms with E-state index in [2.05, 4.69) is 32.5 Å². The molecule has 0 saturated heterocycles.